The molecule has 25 heteroatoms. The molecule has 1 saturated heterocycles. The number of benzene rings is 2. The number of pyridine rings is 2. The van der Waals surface area contributed by atoms with Crippen LogP contribution in [-0.4, -0.2) is 130 Å². The molecular formula is C50H58N12O13. The maximum absolute atomic E-state index is 14.1. The van der Waals surface area contributed by atoms with Gasteiger partial charge in [0.15, 0.2) is 11.6 Å². The van der Waals surface area contributed by atoms with Crippen molar-refractivity contribution in [1.82, 2.24) is 46.8 Å². The van der Waals surface area contributed by atoms with Crippen molar-refractivity contribution in [1.29, 1.82) is 5.41 Å². The van der Waals surface area contributed by atoms with Gasteiger partial charge in [-0.1, -0.05) is 60.6 Å². The van der Waals surface area contributed by atoms with Crippen molar-refractivity contribution < 1.29 is 58.1 Å². The van der Waals surface area contributed by atoms with E-state index < -0.39 is 95.7 Å². The number of aromatic nitrogens is 2. The van der Waals surface area contributed by atoms with E-state index in [1.807, 2.05) is 18.2 Å². The topological polar surface area (TPSA) is 377 Å². The van der Waals surface area contributed by atoms with Crippen molar-refractivity contribution in [2.24, 2.45) is 10.9 Å². The van der Waals surface area contributed by atoms with Crippen LogP contribution in [0.25, 0.3) is 22.3 Å². The molecule has 12 N–H and O–H groups in total. The monoisotopic (exact) mass is 1030 g/mol. The summed E-state index contributed by atoms with van der Waals surface area (Å²) in [5, 5.41) is 50.9. The highest BCUT2D eigenvalue weighted by Gasteiger charge is 2.45. The molecule has 3 aliphatic heterocycles. The van der Waals surface area contributed by atoms with Crippen LogP contribution in [0.2, 0.25) is 0 Å². The minimum Gasteiger partial charge on any atom is -0.481 e. The lowest BCUT2D eigenvalue weighted by Crippen LogP contribution is -2.58. The fourth-order valence-electron chi connectivity index (χ4n) is 9.00. The number of carbonyl (C=O) groups excluding carboxylic acids is 7. The van der Waals surface area contributed by atoms with E-state index in [1.54, 1.807) is 49.4 Å². The van der Waals surface area contributed by atoms with E-state index in [4.69, 9.17) is 25.7 Å². The standard InChI is InChI=1S/C50H58N12O13/c1-2-50(73)32-21-38-42-30(25-62(38)47(71)31(32)26-74-48(50)72)29(28-12-6-7-13-33(28)58-42)23-56-75-19-18-53-39(63)16-8-14-35-45(69)60-36(20-27-10-4-3-5-11-27)46(70)61-37(22-41(65)66)43(67)55-24-40(64)57-34(44(68)59-35)15-9-17-54-49(51)52/h3-7,10-13,21,23,34-37,73H,2,8-9,14-20,22,24-26H2,1H3,(H,53,63)(H,55,67)(H,57,64)(H,59,68)(H,60,69)(H,61,70)(H,65,66)(H4,51,52,54)/t34?,35?,36?,37?,50-/m0/s1. The lowest BCUT2D eigenvalue weighted by molar-refractivity contribution is -0.172. The maximum Gasteiger partial charge on any atom is 0.343 e. The Hall–Kier alpha value is -8.74. The van der Waals surface area contributed by atoms with Gasteiger partial charge in [0, 0.05) is 41.5 Å². The molecule has 5 heterocycles. The molecule has 396 valence electrons. The number of para-hydroxylation sites is 1. The van der Waals surface area contributed by atoms with Gasteiger partial charge in [0.2, 0.25) is 35.4 Å². The number of aliphatic carboxylic acids is 1. The molecule has 25 nitrogen and oxygen atoms in total. The number of esters is 1. The number of rotatable bonds is 18. The Bertz CT molecular complexity index is 2980. The number of guanidine groups is 1. The Morgan fingerprint density at radius 1 is 0.893 bits per heavy atom. The van der Waals surface area contributed by atoms with Gasteiger partial charge in [-0.2, -0.15) is 0 Å². The highest BCUT2D eigenvalue weighted by molar-refractivity contribution is 6.02. The summed E-state index contributed by atoms with van der Waals surface area (Å²) in [5.41, 5.74) is 6.69. The van der Waals surface area contributed by atoms with Crippen LogP contribution in [0.3, 0.4) is 0 Å². The molecule has 0 radical (unpaired) electrons. The van der Waals surface area contributed by atoms with Crippen LogP contribution >= 0.6 is 0 Å². The van der Waals surface area contributed by atoms with Crippen molar-refractivity contribution in [2.75, 3.05) is 26.2 Å². The van der Waals surface area contributed by atoms with Gasteiger partial charge in [-0.15, -0.1) is 0 Å². The maximum atomic E-state index is 14.1. The molecular weight excluding hydrogens is 977 g/mol. The fourth-order valence-corrected chi connectivity index (χ4v) is 9.00. The summed E-state index contributed by atoms with van der Waals surface area (Å²) in [6.07, 6.45) is 0.481. The minimum absolute atomic E-state index is 0.00743. The van der Waals surface area contributed by atoms with Crippen LogP contribution in [0.5, 0.6) is 0 Å². The zero-order valence-corrected chi connectivity index (χ0v) is 40.9. The molecule has 4 unspecified atom stereocenters. The first-order chi connectivity index (χ1) is 36.0. The lowest BCUT2D eigenvalue weighted by Gasteiger charge is -2.31. The average Bonchev–Trinajstić information content (AvgIpc) is 3.76. The van der Waals surface area contributed by atoms with E-state index in [0.29, 0.717) is 39.0 Å². The van der Waals surface area contributed by atoms with Crippen molar-refractivity contribution >= 4 is 70.5 Å². The molecule has 0 spiro atoms. The van der Waals surface area contributed by atoms with Crippen molar-refractivity contribution in [3.8, 4) is 11.4 Å². The van der Waals surface area contributed by atoms with E-state index in [2.05, 4.69) is 42.4 Å². The number of fused-ring (bicyclic) bond motifs is 5. The van der Waals surface area contributed by atoms with Gasteiger partial charge in [-0.05, 0) is 49.8 Å². The third-order valence-corrected chi connectivity index (χ3v) is 12.9. The van der Waals surface area contributed by atoms with E-state index in [9.17, 15) is 53.4 Å². The molecule has 5 atom stereocenters. The van der Waals surface area contributed by atoms with Gasteiger partial charge < -0.3 is 67.3 Å². The Labute approximate surface area is 428 Å². The predicted molar refractivity (Wildman–Crippen MR) is 267 cm³/mol. The van der Waals surface area contributed by atoms with Gasteiger partial charge in [0.05, 0.1) is 54.7 Å². The Morgan fingerprint density at radius 3 is 2.31 bits per heavy atom. The molecule has 0 bridgehead atoms. The number of nitrogens with one attached hydrogen (secondary N) is 8. The second kappa shape index (κ2) is 24.3. The normalized spacial score (nSPS) is 20.9. The molecule has 6 amide bonds. The van der Waals surface area contributed by atoms with Crippen molar-refractivity contribution in [3.05, 3.63) is 98.8 Å². The molecule has 0 aliphatic carbocycles. The van der Waals surface area contributed by atoms with Crippen LogP contribution in [-0.2, 0) is 73.1 Å². The summed E-state index contributed by atoms with van der Waals surface area (Å²) in [4.78, 5) is 130. The second-order valence-corrected chi connectivity index (χ2v) is 18.1. The Kier molecular flexibility index (Phi) is 17.5. The predicted octanol–water partition coefficient (Wildman–Crippen LogP) is -1.23. The number of carbonyl (C=O) groups is 8. The number of aliphatic hydroxyl groups is 1. The minimum atomic E-state index is -1.99. The first-order valence-electron chi connectivity index (χ1n) is 24.3. The van der Waals surface area contributed by atoms with Crippen LogP contribution in [0.1, 0.15) is 79.7 Å². The lowest BCUT2D eigenvalue weighted by atomic mass is 9.86. The number of carboxylic acid groups (broad SMARTS) is 1. The molecule has 3 aliphatic rings. The van der Waals surface area contributed by atoms with Gasteiger partial charge in [0.25, 0.3) is 5.56 Å². The largest absolute Gasteiger partial charge is 0.481 e. The number of nitrogens with two attached hydrogens (primary N) is 1. The zero-order valence-electron chi connectivity index (χ0n) is 40.9. The molecule has 75 heavy (non-hydrogen) atoms. The van der Waals surface area contributed by atoms with Crippen LogP contribution in [0, 0.1) is 5.41 Å². The molecule has 7 rings (SSSR count). The molecule has 2 aromatic heterocycles. The number of oxime groups is 1. The summed E-state index contributed by atoms with van der Waals surface area (Å²) in [5.74, 6) is -7.44. The molecule has 4 aromatic rings. The number of hydrogen-bond donors (Lipinski definition) is 11. The molecule has 0 saturated carbocycles. The van der Waals surface area contributed by atoms with Crippen molar-refractivity contribution in [3.63, 3.8) is 0 Å². The number of ether oxygens (including phenoxy) is 1. The fraction of sp³-hybridized carbons (Fsp3) is 0.400. The molecule has 2 aromatic carbocycles. The van der Waals surface area contributed by atoms with Crippen LogP contribution in [0.4, 0.5) is 0 Å². The number of amides is 6. The highest BCUT2D eigenvalue weighted by atomic mass is 16.6. The smallest absolute Gasteiger partial charge is 0.343 e. The third kappa shape index (κ3) is 13.1. The third-order valence-electron chi connectivity index (χ3n) is 12.9. The Morgan fingerprint density at radius 2 is 1.57 bits per heavy atom. The number of carboxylic acids is 1. The van der Waals surface area contributed by atoms with Gasteiger partial charge in [-0.25, -0.2) is 9.78 Å². The summed E-state index contributed by atoms with van der Waals surface area (Å²) < 4.78 is 6.71. The number of hydrogen-bond acceptors (Lipinski definition) is 15. The SMILES string of the molecule is CC[C@@]1(O)C(=O)OCc2c1cc1n(c2=O)Cc2c-1nc1ccccc1c2C=NOCCNC(=O)CCCC1NC(=O)C(CCCNC(=N)N)NC(=O)CNC(=O)C(CC(=O)O)NC(=O)C(Cc2ccccc2)NC1=O. The number of nitrogens with zero attached hydrogens (tertiary/aromatic N) is 3. The van der Waals surface area contributed by atoms with E-state index >= 15 is 0 Å². The first-order valence-corrected chi connectivity index (χ1v) is 24.3. The quantitative estimate of drug-likeness (QED) is 0.0161. The summed E-state index contributed by atoms with van der Waals surface area (Å²) in [6.45, 7) is 0.856. The second-order valence-electron chi connectivity index (χ2n) is 18.1. The van der Waals surface area contributed by atoms with E-state index in [1.165, 1.54) is 10.8 Å². The molecule has 1 fully saturated rings. The summed E-state index contributed by atoms with van der Waals surface area (Å²) in [6, 6.07) is 11.7. The van der Waals surface area contributed by atoms with Gasteiger partial charge in [0.1, 0.15) is 37.4 Å². The van der Waals surface area contributed by atoms with Crippen LogP contribution < -0.4 is 48.5 Å². The van der Waals surface area contributed by atoms with E-state index in [0.717, 1.165) is 0 Å². The van der Waals surface area contributed by atoms with Crippen LogP contribution in [0.15, 0.2) is 70.6 Å². The van der Waals surface area contributed by atoms with Gasteiger partial charge in [-0.3, -0.25) is 43.8 Å². The van der Waals surface area contributed by atoms with E-state index in [-0.39, 0.29) is 94.9 Å². The van der Waals surface area contributed by atoms with Crippen molar-refractivity contribution in [2.45, 2.75) is 101 Å². The first kappa shape index (κ1) is 54.0. The van der Waals surface area contributed by atoms with Gasteiger partial charge >= 0.3 is 11.9 Å². The zero-order chi connectivity index (χ0) is 53.8. The summed E-state index contributed by atoms with van der Waals surface area (Å²) in [7, 11) is 0. The summed E-state index contributed by atoms with van der Waals surface area (Å²) >= 11 is 0. The Balaban J connectivity index is 1.02. The highest BCUT2D eigenvalue weighted by Crippen LogP contribution is 2.40. The average molecular weight is 1040 g/mol. The number of cyclic esters (lactones) is 1.